The van der Waals surface area contributed by atoms with Crippen LogP contribution in [0, 0.1) is 0 Å². The van der Waals surface area contributed by atoms with Gasteiger partial charge >= 0.3 is 5.97 Å². The molecule has 2 atom stereocenters. The molecule has 2 aromatic carbocycles. The van der Waals surface area contributed by atoms with Gasteiger partial charge in [0.05, 0.1) is 7.11 Å². The molecule has 23 heavy (non-hydrogen) atoms. The van der Waals surface area contributed by atoms with Gasteiger partial charge in [0.25, 0.3) is 5.91 Å². The highest BCUT2D eigenvalue weighted by Crippen LogP contribution is 2.26. The number of alkyl halides is 1. The van der Waals surface area contributed by atoms with Gasteiger partial charge in [-0.25, -0.2) is 9.18 Å². The van der Waals surface area contributed by atoms with Crippen molar-refractivity contribution < 1.29 is 18.7 Å². The Hall–Kier alpha value is -2.34. The van der Waals surface area contributed by atoms with Gasteiger partial charge in [0.1, 0.15) is 0 Å². The van der Waals surface area contributed by atoms with E-state index in [1.165, 1.54) is 0 Å². The largest absolute Gasteiger partial charge is 0.467 e. The summed E-state index contributed by atoms with van der Waals surface area (Å²) in [5.74, 6) is -1.36. The summed E-state index contributed by atoms with van der Waals surface area (Å²) >= 11 is 0.850. The van der Waals surface area contributed by atoms with Crippen LogP contribution in [0.2, 0.25) is 0 Å². The Morgan fingerprint density at radius 1 is 1.04 bits per heavy atom. The Kier molecular flexibility index (Phi) is 6.17. The number of thioether (sulfide) groups is 1. The number of halogens is 1. The fourth-order valence-electron chi connectivity index (χ4n) is 1.87. The number of hydrogen-bond acceptors (Lipinski definition) is 4. The molecule has 0 aromatic heterocycles. The number of rotatable bonds is 6. The zero-order valence-corrected chi connectivity index (χ0v) is 13.3. The second kappa shape index (κ2) is 8.33. The summed E-state index contributed by atoms with van der Waals surface area (Å²) in [6.45, 7) is 0. The van der Waals surface area contributed by atoms with Gasteiger partial charge in [-0.3, -0.25) is 4.79 Å². The Labute approximate surface area is 138 Å². The molecule has 0 aliphatic rings. The van der Waals surface area contributed by atoms with E-state index in [0.717, 1.165) is 18.9 Å². The van der Waals surface area contributed by atoms with E-state index in [-0.39, 0.29) is 0 Å². The van der Waals surface area contributed by atoms with Crippen molar-refractivity contribution in [3.63, 3.8) is 0 Å². The number of hydrogen-bond donors (Lipinski definition) is 1. The van der Waals surface area contributed by atoms with Crippen LogP contribution >= 0.6 is 11.8 Å². The Balaban J connectivity index is 2.10. The average Bonchev–Trinajstić information content (AvgIpc) is 2.60. The quantitative estimate of drug-likeness (QED) is 0.652. The molecule has 1 unspecified atom stereocenters. The number of benzene rings is 2. The summed E-state index contributed by atoms with van der Waals surface area (Å²) < 4.78 is 19.1. The standard InChI is InChI=1S/C17H16FNO3S/c1-22-17(21)14(15(18)23-13-10-6-3-7-11-13)19-16(20)12-8-4-2-5-9-12/h2-11,14-15H,1H3,(H,19,20)/t14-,15?/m0/s1. The van der Waals surface area contributed by atoms with Crippen molar-refractivity contribution in [1.29, 1.82) is 0 Å². The van der Waals surface area contributed by atoms with Crippen LogP contribution in [0.25, 0.3) is 0 Å². The molecule has 0 heterocycles. The summed E-state index contributed by atoms with van der Waals surface area (Å²) in [5.41, 5.74) is -1.32. The molecule has 0 saturated carbocycles. The Bertz CT molecular complexity index is 651. The predicted molar refractivity (Wildman–Crippen MR) is 86.9 cm³/mol. The van der Waals surface area contributed by atoms with Gasteiger partial charge in [0, 0.05) is 10.5 Å². The SMILES string of the molecule is COC(=O)[C@@H](NC(=O)c1ccccc1)C(F)Sc1ccccc1. The van der Waals surface area contributed by atoms with E-state index in [2.05, 4.69) is 10.1 Å². The number of carbonyl (C=O) groups excluding carboxylic acids is 2. The van der Waals surface area contributed by atoms with Crippen LogP contribution in [0.5, 0.6) is 0 Å². The number of amides is 1. The van der Waals surface area contributed by atoms with Crippen molar-refractivity contribution in [2.75, 3.05) is 7.11 Å². The lowest BCUT2D eigenvalue weighted by Gasteiger charge is -2.20. The molecular weight excluding hydrogens is 317 g/mol. The Morgan fingerprint density at radius 3 is 2.17 bits per heavy atom. The summed E-state index contributed by atoms with van der Waals surface area (Å²) in [6.07, 6.45) is 0. The van der Waals surface area contributed by atoms with Gasteiger partial charge in [0.2, 0.25) is 0 Å². The van der Waals surface area contributed by atoms with Gasteiger partial charge < -0.3 is 10.1 Å². The van der Waals surface area contributed by atoms with Crippen LogP contribution in [0.1, 0.15) is 10.4 Å². The van der Waals surface area contributed by atoms with Crippen LogP contribution < -0.4 is 5.32 Å². The number of carbonyl (C=O) groups is 2. The molecular formula is C17H16FNO3S. The van der Waals surface area contributed by atoms with E-state index in [4.69, 9.17) is 0 Å². The number of ether oxygens (including phenoxy) is 1. The lowest BCUT2D eigenvalue weighted by atomic mass is 10.2. The maximum absolute atomic E-state index is 14.5. The molecule has 1 amide bonds. The topological polar surface area (TPSA) is 55.4 Å². The van der Waals surface area contributed by atoms with Crippen molar-refractivity contribution in [2.45, 2.75) is 16.4 Å². The van der Waals surface area contributed by atoms with E-state index in [1.54, 1.807) is 54.6 Å². The minimum Gasteiger partial charge on any atom is -0.467 e. The van der Waals surface area contributed by atoms with Crippen molar-refractivity contribution in [2.24, 2.45) is 0 Å². The van der Waals surface area contributed by atoms with Gasteiger partial charge in [0.15, 0.2) is 11.5 Å². The molecule has 2 aromatic rings. The fourth-order valence-corrected chi connectivity index (χ4v) is 2.76. The van der Waals surface area contributed by atoms with E-state index in [1.807, 2.05) is 6.07 Å². The second-order valence-electron chi connectivity index (χ2n) is 4.62. The van der Waals surface area contributed by atoms with Crippen LogP contribution in [-0.2, 0) is 9.53 Å². The summed E-state index contributed by atoms with van der Waals surface area (Å²) in [6, 6.07) is 15.7. The number of esters is 1. The molecule has 4 nitrogen and oxygen atoms in total. The van der Waals surface area contributed by atoms with E-state index in [9.17, 15) is 14.0 Å². The first-order chi connectivity index (χ1) is 11.1. The Morgan fingerprint density at radius 2 is 1.61 bits per heavy atom. The first kappa shape index (κ1) is 17.0. The summed E-state index contributed by atoms with van der Waals surface area (Å²) in [4.78, 5) is 24.6. The third kappa shape index (κ3) is 4.82. The maximum Gasteiger partial charge on any atom is 0.332 e. The van der Waals surface area contributed by atoms with Gasteiger partial charge in [-0.05, 0) is 24.3 Å². The summed E-state index contributed by atoms with van der Waals surface area (Å²) in [7, 11) is 1.16. The second-order valence-corrected chi connectivity index (χ2v) is 5.78. The van der Waals surface area contributed by atoms with Crippen LogP contribution in [-0.4, -0.2) is 30.5 Å². The number of nitrogens with one attached hydrogen (secondary N) is 1. The monoisotopic (exact) mass is 333 g/mol. The van der Waals surface area contributed by atoms with E-state index < -0.39 is 23.4 Å². The van der Waals surface area contributed by atoms with Crippen LogP contribution in [0.3, 0.4) is 0 Å². The molecule has 0 saturated heterocycles. The molecule has 6 heteroatoms. The highest BCUT2D eigenvalue weighted by molar-refractivity contribution is 7.99. The molecule has 0 bridgehead atoms. The third-order valence-corrected chi connectivity index (χ3v) is 4.07. The first-order valence-electron chi connectivity index (χ1n) is 6.91. The van der Waals surface area contributed by atoms with Gasteiger partial charge in [-0.2, -0.15) is 0 Å². The molecule has 120 valence electrons. The molecule has 0 aliphatic heterocycles. The zero-order chi connectivity index (χ0) is 16.7. The minimum absolute atomic E-state index is 0.346. The predicted octanol–water partition coefficient (Wildman–Crippen LogP) is 3.05. The molecule has 0 radical (unpaired) electrons. The molecule has 0 fully saturated rings. The smallest absolute Gasteiger partial charge is 0.332 e. The van der Waals surface area contributed by atoms with Crippen molar-refractivity contribution in [1.82, 2.24) is 5.32 Å². The summed E-state index contributed by atoms with van der Waals surface area (Å²) in [5, 5.41) is 2.39. The molecule has 2 rings (SSSR count). The van der Waals surface area contributed by atoms with Crippen molar-refractivity contribution >= 4 is 23.6 Å². The molecule has 0 spiro atoms. The van der Waals surface area contributed by atoms with Crippen molar-refractivity contribution in [3.8, 4) is 0 Å². The fraction of sp³-hybridized carbons (Fsp3) is 0.176. The average molecular weight is 333 g/mol. The molecule has 0 aliphatic carbocycles. The minimum atomic E-state index is -1.67. The van der Waals surface area contributed by atoms with E-state index in [0.29, 0.717) is 10.5 Å². The highest BCUT2D eigenvalue weighted by atomic mass is 32.2. The van der Waals surface area contributed by atoms with E-state index >= 15 is 0 Å². The maximum atomic E-state index is 14.5. The van der Waals surface area contributed by atoms with Gasteiger partial charge in [-0.1, -0.05) is 48.2 Å². The number of methoxy groups -OCH3 is 1. The van der Waals surface area contributed by atoms with Gasteiger partial charge in [-0.15, -0.1) is 0 Å². The van der Waals surface area contributed by atoms with Crippen LogP contribution in [0.4, 0.5) is 4.39 Å². The van der Waals surface area contributed by atoms with Crippen molar-refractivity contribution in [3.05, 3.63) is 66.2 Å². The normalized spacial score (nSPS) is 13.0. The molecule has 1 N–H and O–H groups in total. The van der Waals surface area contributed by atoms with Crippen LogP contribution in [0.15, 0.2) is 65.6 Å². The zero-order valence-electron chi connectivity index (χ0n) is 12.4. The first-order valence-corrected chi connectivity index (χ1v) is 7.79. The lowest BCUT2D eigenvalue weighted by Crippen LogP contribution is -2.46. The highest BCUT2D eigenvalue weighted by Gasteiger charge is 2.32. The third-order valence-electron chi connectivity index (χ3n) is 3.03. The lowest BCUT2D eigenvalue weighted by molar-refractivity contribution is -0.143.